The number of carbonyl (C=O) groups is 4. The van der Waals surface area contributed by atoms with E-state index in [0.717, 1.165) is 5.56 Å². The number of aryl methyl sites for hydroxylation is 1. The van der Waals surface area contributed by atoms with Crippen LogP contribution >= 0.6 is 11.3 Å². The number of piperidine rings is 1. The molecule has 0 saturated carbocycles. The summed E-state index contributed by atoms with van der Waals surface area (Å²) in [6.45, 7) is 5.49. The maximum absolute atomic E-state index is 12.9. The molecule has 0 spiro atoms. The monoisotopic (exact) mass is 530 g/mol. The van der Waals surface area contributed by atoms with Gasteiger partial charge in [-0.2, -0.15) is 0 Å². The van der Waals surface area contributed by atoms with Crippen LogP contribution in [0.4, 0.5) is 5.13 Å². The zero-order chi connectivity index (χ0) is 26.8. The second-order valence-corrected chi connectivity index (χ2v) is 9.72. The number of aromatic nitrogens is 1. The molecule has 1 fully saturated rings. The van der Waals surface area contributed by atoms with Gasteiger partial charge in [-0.05, 0) is 38.8 Å². The first-order valence-electron chi connectivity index (χ1n) is 12.3. The van der Waals surface area contributed by atoms with Crippen LogP contribution in [0.2, 0.25) is 0 Å². The van der Waals surface area contributed by atoms with Crippen molar-refractivity contribution in [2.24, 2.45) is 5.92 Å². The molecule has 0 radical (unpaired) electrons. The highest BCUT2D eigenvalue weighted by atomic mass is 32.1. The number of nitrogens with one attached hydrogen (secondary N) is 1. The number of ether oxygens (including phenoxy) is 2. The van der Waals surface area contributed by atoms with Crippen molar-refractivity contribution in [3.63, 3.8) is 0 Å². The Morgan fingerprint density at radius 3 is 2.51 bits per heavy atom. The third-order valence-corrected chi connectivity index (χ3v) is 6.89. The molecule has 10 nitrogen and oxygen atoms in total. The lowest BCUT2D eigenvalue weighted by Gasteiger charge is -2.30. The largest absolute Gasteiger partial charge is 0.466 e. The minimum absolute atomic E-state index is 0.0695. The van der Waals surface area contributed by atoms with Gasteiger partial charge in [0.1, 0.15) is 6.54 Å². The number of hydrogen-bond acceptors (Lipinski definition) is 8. The van der Waals surface area contributed by atoms with Gasteiger partial charge in [0.15, 0.2) is 5.13 Å². The number of amides is 3. The summed E-state index contributed by atoms with van der Waals surface area (Å²) in [6, 6.07) is 7.17. The summed E-state index contributed by atoms with van der Waals surface area (Å²) in [5, 5.41) is 4.82. The van der Waals surface area contributed by atoms with Crippen molar-refractivity contribution in [3.8, 4) is 0 Å². The molecule has 1 aromatic carbocycles. The Bertz CT molecular complexity index is 1080. The molecule has 1 aliphatic rings. The van der Waals surface area contributed by atoms with Crippen LogP contribution in [0.15, 0.2) is 29.6 Å². The molecular formula is C26H34N4O6S. The maximum Gasteiger partial charge on any atom is 0.309 e. The summed E-state index contributed by atoms with van der Waals surface area (Å²) in [5.41, 5.74) is 2.09. The molecule has 2 heterocycles. The molecule has 0 unspecified atom stereocenters. The Labute approximate surface area is 220 Å². The lowest BCUT2D eigenvalue weighted by molar-refractivity contribution is -0.151. The number of rotatable bonds is 11. The average molecular weight is 531 g/mol. The van der Waals surface area contributed by atoms with Crippen LogP contribution < -0.4 is 5.32 Å². The predicted molar refractivity (Wildman–Crippen MR) is 139 cm³/mol. The van der Waals surface area contributed by atoms with Gasteiger partial charge in [-0.3, -0.25) is 19.2 Å². The fourth-order valence-electron chi connectivity index (χ4n) is 4.00. The summed E-state index contributed by atoms with van der Waals surface area (Å²) in [4.78, 5) is 57.8. The van der Waals surface area contributed by atoms with Gasteiger partial charge in [0.2, 0.25) is 11.8 Å². The third-order valence-electron chi connectivity index (χ3n) is 6.08. The van der Waals surface area contributed by atoms with Crippen molar-refractivity contribution in [2.75, 3.05) is 51.8 Å². The molecule has 200 valence electrons. The van der Waals surface area contributed by atoms with Crippen LogP contribution in [0.1, 0.15) is 41.4 Å². The molecule has 0 atom stereocenters. The van der Waals surface area contributed by atoms with E-state index in [1.807, 2.05) is 19.1 Å². The number of esters is 1. The zero-order valence-electron chi connectivity index (χ0n) is 21.5. The van der Waals surface area contributed by atoms with Crippen LogP contribution in [0, 0.1) is 12.8 Å². The Balaban J connectivity index is 1.51. The van der Waals surface area contributed by atoms with E-state index < -0.39 is 0 Å². The lowest BCUT2D eigenvalue weighted by atomic mass is 9.97. The van der Waals surface area contributed by atoms with Gasteiger partial charge in [0.05, 0.1) is 31.2 Å². The van der Waals surface area contributed by atoms with E-state index in [1.54, 1.807) is 29.3 Å². The van der Waals surface area contributed by atoms with E-state index in [4.69, 9.17) is 9.47 Å². The minimum Gasteiger partial charge on any atom is -0.466 e. The van der Waals surface area contributed by atoms with Crippen molar-refractivity contribution >= 4 is 40.2 Å². The smallest absolute Gasteiger partial charge is 0.309 e. The Morgan fingerprint density at radius 2 is 1.86 bits per heavy atom. The molecule has 11 heteroatoms. The zero-order valence-corrected chi connectivity index (χ0v) is 22.3. The second kappa shape index (κ2) is 13.8. The number of benzene rings is 1. The highest BCUT2D eigenvalue weighted by Crippen LogP contribution is 2.21. The van der Waals surface area contributed by atoms with Gasteiger partial charge >= 0.3 is 5.97 Å². The molecule has 1 saturated heterocycles. The third kappa shape index (κ3) is 8.36. The number of anilines is 1. The van der Waals surface area contributed by atoms with E-state index in [1.165, 1.54) is 23.3 Å². The molecule has 1 aromatic heterocycles. The van der Waals surface area contributed by atoms with Crippen LogP contribution in [0.25, 0.3) is 0 Å². The van der Waals surface area contributed by atoms with Crippen molar-refractivity contribution < 1.29 is 28.7 Å². The van der Waals surface area contributed by atoms with Gasteiger partial charge in [0, 0.05) is 37.7 Å². The summed E-state index contributed by atoms with van der Waals surface area (Å²) >= 11 is 1.22. The van der Waals surface area contributed by atoms with Gasteiger partial charge in [-0.25, -0.2) is 4.98 Å². The molecule has 2 aromatic rings. The summed E-state index contributed by atoms with van der Waals surface area (Å²) in [7, 11) is 1.54. The molecule has 3 rings (SSSR count). The second-order valence-electron chi connectivity index (χ2n) is 8.86. The normalized spacial score (nSPS) is 13.8. The number of thiazole rings is 1. The van der Waals surface area contributed by atoms with Crippen molar-refractivity contribution in [1.82, 2.24) is 14.8 Å². The number of likely N-dealkylation sites (tertiary alicyclic amines) is 1. The van der Waals surface area contributed by atoms with Gasteiger partial charge in [-0.1, -0.05) is 17.7 Å². The summed E-state index contributed by atoms with van der Waals surface area (Å²) in [5.74, 6) is -1.07. The van der Waals surface area contributed by atoms with Crippen molar-refractivity contribution in [3.05, 3.63) is 46.5 Å². The summed E-state index contributed by atoms with van der Waals surface area (Å²) in [6.07, 6.45) is 1.29. The molecule has 0 aliphatic carbocycles. The fourth-order valence-corrected chi connectivity index (χ4v) is 4.73. The number of methoxy groups -OCH3 is 1. The van der Waals surface area contributed by atoms with E-state index >= 15 is 0 Å². The molecule has 1 N–H and O–H groups in total. The predicted octanol–water partition coefficient (Wildman–Crippen LogP) is 2.52. The quantitative estimate of drug-likeness (QED) is 0.444. The first-order valence-corrected chi connectivity index (χ1v) is 13.2. The van der Waals surface area contributed by atoms with Crippen molar-refractivity contribution in [2.45, 2.75) is 33.1 Å². The molecule has 3 amide bonds. The van der Waals surface area contributed by atoms with Crippen LogP contribution in [-0.2, 0) is 30.3 Å². The van der Waals surface area contributed by atoms with E-state index in [2.05, 4.69) is 10.3 Å². The lowest BCUT2D eigenvalue weighted by Crippen LogP contribution is -2.41. The highest BCUT2D eigenvalue weighted by Gasteiger charge is 2.28. The average Bonchev–Trinajstić information content (AvgIpc) is 3.33. The maximum atomic E-state index is 12.9. The SMILES string of the molecule is CCOC(=O)C1CCN(C(=O)Cc2csc(NC(=O)CN(CCOC)C(=O)c3ccc(C)cc3)n2)CC1. The van der Waals surface area contributed by atoms with Gasteiger partial charge < -0.3 is 24.6 Å². The molecule has 0 bridgehead atoms. The van der Waals surface area contributed by atoms with E-state index in [0.29, 0.717) is 55.5 Å². The highest BCUT2D eigenvalue weighted by molar-refractivity contribution is 7.13. The minimum atomic E-state index is -0.384. The molecule has 1 aliphatic heterocycles. The van der Waals surface area contributed by atoms with E-state index in [-0.39, 0.29) is 49.1 Å². The van der Waals surface area contributed by atoms with Crippen molar-refractivity contribution in [1.29, 1.82) is 0 Å². The standard InChI is InChI=1S/C26H34N4O6S/c1-4-36-25(34)20-9-11-29(12-10-20)23(32)15-21-17-37-26(27-21)28-22(31)16-30(13-14-35-3)24(33)19-7-5-18(2)6-8-19/h5-8,17,20H,4,9-16H2,1-3H3,(H,27,28,31). The molecular weight excluding hydrogens is 496 g/mol. The van der Waals surface area contributed by atoms with Gasteiger partial charge in [0.25, 0.3) is 5.91 Å². The number of carbonyl (C=O) groups excluding carboxylic acids is 4. The fraction of sp³-hybridized carbons (Fsp3) is 0.500. The Kier molecular flexibility index (Phi) is 10.6. The first kappa shape index (κ1) is 28.3. The Hall–Kier alpha value is -3.31. The summed E-state index contributed by atoms with van der Waals surface area (Å²) < 4.78 is 10.2. The van der Waals surface area contributed by atoms with E-state index in [9.17, 15) is 19.2 Å². The Morgan fingerprint density at radius 1 is 1.16 bits per heavy atom. The first-order chi connectivity index (χ1) is 17.8. The topological polar surface area (TPSA) is 118 Å². The van der Waals surface area contributed by atoms with Crippen LogP contribution in [-0.4, -0.2) is 85.0 Å². The number of nitrogens with zero attached hydrogens (tertiary/aromatic N) is 3. The van der Waals surface area contributed by atoms with Gasteiger partial charge in [-0.15, -0.1) is 11.3 Å². The van der Waals surface area contributed by atoms with Crippen LogP contribution in [0.3, 0.4) is 0 Å². The number of hydrogen-bond donors (Lipinski definition) is 1. The van der Waals surface area contributed by atoms with Crippen LogP contribution in [0.5, 0.6) is 0 Å². The molecule has 37 heavy (non-hydrogen) atoms.